The molecule has 1 unspecified atom stereocenters. The molecule has 0 aliphatic heterocycles. The SMILES string of the molecule is COCC(CCO)NC(=O)/C=C/c1ccccc1F. The van der Waals surface area contributed by atoms with Crippen molar-refractivity contribution < 1.29 is 19.0 Å². The lowest BCUT2D eigenvalue weighted by atomic mass is 10.2. The molecule has 1 atom stereocenters. The normalized spacial score (nSPS) is 12.6. The van der Waals surface area contributed by atoms with E-state index in [1.165, 1.54) is 25.3 Å². The van der Waals surface area contributed by atoms with E-state index in [0.717, 1.165) is 0 Å². The molecule has 4 nitrogen and oxygen atoms in total. The van der Waals surface area contributed by atoms with Crippen LogP contribution in [0, 0.1) is 5.82 Å². The van der Waals surface area contributed by atoms with Crippen LogP contribution < -0.4 is 5.32 Å². The molecule has 1 rings (SSSR count). The Hall–Kier alpha value is -1.72. The van der Waals surface area contributed by atoms with Gasteiger partial charge in [0.1, 0.15) is 5.82 Å². The van der Waals surface area contributed by atoms with Gasteiger partial charge in [-0.15, -0.1) is 0 Å². The number of benzene rings is 1. The van der Waals surface area contributed by atoms with Gasteiger partial charge in [-0.25, -0.2) is 4.39 Å². The summed E-state index contributed by atoms with van der Waals surface area (Å²) in [5, 5.41) is 11.5. The number of methoxy groups -OCH3 is 1. The predicted octanol–water partition coefficient (Wildman–Crippen LogP) is 1.35. The maximum atomic E-state index is 13.3. The molecular formula is C14H18FNO3. The van der Waals surface area contributed by atoms with Gasteiger partial charge < -0.3 is 15.2 Å². The van der Waals surface area contributed by atoms with Crippen molar-refractivity contribution in [3.63, 3.8) is 0 Å². The average Bonchev–Trinajstić information content (AvgIpc) is 2.38. The molecule has 0 spiro atoms. The number of hydrogen-bond acceptors (Lipinski definition) is 3. The Morgan fingerprint density at radius 3 is 2.89 bits per heavy atom. The van der Waals surface area contributed by atoms with Gasteiger partial charge in [0.2, 0.25) is 5.91 Å². The number of amides is 1. The van der Waals surface area contributed by atoms with E-state index in [0.29, 0.717) is 18.6 Å². The van der Waals surface area contributed by atoms with Gasteiger partial charge in [0, 0.05) is 25.4 Å². The molecule has 0 heterocycles. The fourth-order valence-electron chi connectivity index (χ4n) is 1.58. The zero-order valence-electron chi connectivity index (χ0n) is 10.8. The third kappa shape index (κ3) is 5.63. The van der Waals surface area contributed by atoms with Crippen molar-refractivity contribution >= 4 is 12.0 Å². The average molecular weight is 267 g/mol. The minimum atomic E-state index is -0.379. The second-order valence-electron chi connectivity index (χ2n) is 4.03. The first-order valence-electron chi connectivity index (χ1n) is 6.00. The molecule has 0 aromatic heterocycles. The maximum Gasteiger partial charge on any atom is 0.244 e. The lowest BCUT2D eigenvalue weighted by Gasteiger charge is -2.15. The fraction of sp³-hybridized carbons (Fsp3) is 0.357. The molecular weight excluding hydrogens is 249 g/mol. The number of hydrogen-bond donors (Lipinski definition) is 2. The van der Waals surface area contributed by atoms with Gasteiger partial charge >= 0.3 is 0 Å². The summed E-state index contributed by atoms with van der Waals surface area (Å²) < 4.78 is 18.2. The van der Waals surface area contributed by atoms with Gasteiger partial charge in [0.25, 0.3) is 0 Å². The second-order valence-corrected chi connectivity index (χ2v) is 4.03. The van der Waals surface area contributed by atoms with Crippen LogP contribution >= 0.6 is 0 Å². The van der Waals surface area contributed by atoms with E-state index >= 15 is 0 Å². The van der Waals surface area contributed by atoms with Crippen LogP contribution in [0.5, 0.6) is 0 Å². The Balaban J connectivity index is 2.56. The summed E-state index contributed by atoms with van der Waals surface area (Å²) in [4.78, 5) is 11.6. The van der Waals surface area contributed by atoms with Crippen molar-refractivity contribution in [3.8, 4) is 0 Å². The van der Waals surface area contributed by atoms with Gasteiger partial charge in [0.15, 0.2) is 0 Å². The van der Waals surface area contributed by atoms with Crippen LogP contribution in [0.1, 0.15) is 12.0 Å². The summed E-state index contributed by atoms with van der Waals surface area (Å²) in [6, 6.07) is 5.94. The molecule has 19 heavy (non-hydrogen) atoms. The Bertz CT molecular complexity index is 428. The Kier molecular flexibility index (Phi) is 6.78. The lowest BCUT2D eigenvalue weighted by molar-refractivity contribution is -0.117. The van der Waals surface area contributed by atoms with Gasteiger partial charge in [-0.3, -0.25) is 4.79 Å². The molecule has 0 saturated heterocycles. The first-order valence-corrected chi connectivity index (χ1v) is 6.00. The zero-order chi connectivity index (χ0) is 14.1. The number of rotatable bonds is 7. The number of carbonyl (C=O) groups excluding carboxylic acids is 1. The molecule has 104 valence electrons. The summed E-state index contributed by atoms with van der Waals surface area (Å²) in [5.41, 5.74) is 0.350. The highest BCUT2D eigenvalue weighted by atomic mass is 19.1. The molecule has 0 aliphatic carbocycles. The summed E-state index contributed by atoms with van der Waals surface area (Å²) in [6.07, 6.45) is 3.08. The predicted molar refractivity (Wildman–Crippen MR) is 70.9 cm³/mol. The van der Waals surface area contributed by atoms with Crippen LogP contribution in [0.15, 0.2) is 30.3 Å². The van der Waals surface area contributed by atoms with Crippen molar-refractivity contribution in [3.05, 3.63) is 41.7 Å². The van der Waals surface area contributed by atoms with E-state index in [4.69, 9.17) is 9.84 Å². The maximum absolute atomic E-state index is 13.3. The van der Waals surface area contributed by atoms with E-state index in [1.54, 1.807) is 18.2 Å². The number of carbonyl (C=O) groups is 1. The van der Waals surface area contributed by atoms with Crippen molar-refractivity contribution in [1.29, 1.82) is 0 Å². The molecule has 1 amide bonds. The molecule has 5 heteroatoms. The van der Waals surface area contributed by atoms with Crippen LogP contribution in [0.25, 0.3) is 6.08 Å². The monoisotopic (exact) mass is 267 g/mol. The number of ether oxygens (including phenoxy) is 1. The summed E-state index contributed by atoms with van der Waals surface area (Å²) >= 11 is 0. The first kappa shape index (κ1) is 15.3. The van der Waals surface area contributed by atoms with Crippen LogP contribution in [-0.2, 0) is 9.53 Å². The fourth-order valence-corrected chi connectivity index (χ4v) is 1.58. The smallest absolute Gasteiger partial charge is 0.244 e. The molecule has 1 aromatic rings. The Morgan fingerprint density at radius 2 is 2.26 bits per heavy atom. The Labute approximate surface area is 111 Å². The number of nitrogens with one attached hydrogen (secondary N) is 1. The molecule has 1 aromatic carbocycles. The third-order valence-corrected chi connectivity index (χ3v) is 2.51. The molecule has 0 saturated carbocycles. The van der Waals surface area contributed by atoms with E-state index < -0.39 is 0 Å². The second kappa shape index (κ2) is 8.39. The van der Waals surface area contributed by atoms with Gasteiger partial charge in [0.05, 0.1) is 12.6 Å². The van der Waals surface area contributed by atoms with Crippen LogP contribution in [-0.4, -0.2) is 37.4 Å². The quantitative estimate of drug-likeness (QED) is 0.733. The number of halogens is 1. The van der Waals surface area contributed by atoms with Gasteiger partial charge in [-0.1, -0.05) is 18.2 Å². The van der Waals surface area contributed by atoms with E-state index in [1.807, 2.05) is 0 Å². The van der Waals surface area contributed by atoms with Crippen molar-refractivity contribution in [2.45, 2.75) is 12.5 Å². The standard InChI is InChI=1S/C14H18FNO3/c1-19-10-12(8-9-17)16-14(18)7-6-11-4-2-3-5-13(11)15/h2-7,12,17H,8-10H2,1H3,(H,16,18)/b7-6+. The number of aliphatic hydroxyl groups is 1. The molecule has 0 bridgehead atoms. The van der Waals surface area contributed by atoms with Crippen molar-refractivity contribution in [1.82, 2.24) is 5.32 Å². The summed E-state index contributed by atoms with van der Waals surface area (Å²) in [6.45, 7) is 0.283. The van der Waals surface area contributed by atoms with E-state index in [2.05, 4.69) is 5.32 Å². The number of aliphatic hydroxyl groups excluding tert-OH is 1. The van der Waals surface area contributed by atoms with Crippen LogP contribution in [0.3, 0.4) is 0 Å². The molecule has 0 aliphatic rings. The highest BCUT2D eigenvalue weighted by Crippen LogP contribution is 2.07. The van der Waals surface area contributed by atoms with Crippen molar-refractivity contribution in [2.75, 3.05) is 20.3 Å². The first-order chi connectivity index (χ1) is 9.17. The van der Waals surface area contributed by atoms with E-state index in [-0.39, 0.29) is 24.4 Å². The molecule has 0 radical (unpaired) electrons. The van der Waals surface area contributed by atoms with Gasteiger partial charge in [-0.05, 0) is 18.6 Å². The largest absolute Gasteiger partial charge is 0.396 e. The molecule has 0 fully saturated rings. The van der Waals surface area contributed by atoms with Crippen LogP contribution in [0.4, 0.5) is 4.39 Å². The Morgan fingerprint density at radius 1 is 1.53 bits per heavy atom. The lowest BCUT2D eigenvalue weighted by Crippen LogP contribution is -2.37. The highest BCUT2D eigenvalue weighted by molar-refractivity contribution is 5.91. The van der Waals surface area contributed by atoms with Crippen molar-refractivity contribution in [2.24, 2.45) is 0 Å². The van der Waals surface area contributed by atoms with E-state index in [9.17, 15) is 9.18 Å². The minimum absolute atomic E-state index is 0.0364. The van der Waals surface area contributed by atoms with Crippen LogP contribution in [0.2, 0.25) is 0 Å². The molecule has 2 N–H and O–H groups in total. The third-order valence-electron chi connectivity index (χ3n) is 2.51. The summed E-state index contributed by atoms with van der Waals surface area (Å²) in [5.74, 6) is -0.728. The minimum Gasteiger partial charge on any atom is -0.396 e. The highest BCUT2D eigenvalue weighted by Gasteiger charge is 2.09. The van der Waals surface area contributed by atoms with Gasteiger partial charge in [-0.2, -0.15) is 0 Å². The summed E-state index contributed by atoms with van der Waals surface area (Å²) in [7, 11) is 1.52. The zero-order valence-corrected chi connectivity index (χ0v) is 10.8. The topological polar surface area (TPSA) is 58.6 Å².